The van der Waals surface area contributed by atoms with Gasteiger partial charge in [0.1, 0.15) is 0 Å². The SMILES string of the molecule is Cc1ccc(C(=O)c2ccc(C)cc2)cc1.Cc1ccc(C(c2ccc(C)cc2)(C(F)(F)F)C(F)(F)F)cc1.Cc1ccc(P(=O)(c2ccccc2)c2ccc(C)cc2)cc1. The quantitative estimate of drug-likeness (QED) is 0.0910. The predicted molar refractivity (Wildman–Crippen MR) is 236 cm³/mol. The summed E-state index contributed by atoms with van der Waals surface area (Å²) in [4.78, 5) is 12.1. The minimum absolute atomic E-state index is 0.0833. The van der Waals surface area contributed by atoms with Gasteiger partial charge in [0.2, 0.25) is 5.41 Å². The molecule has 0 N–H and O–H groups in total. The highest BCUT2D eigenvalue weighted by atomic mass is 31.2. The molecule has 0 fully saturated rings. The van der Waals surface area contributed by atoms with Gasteiger partial charge in [0, 0.05) is 27.0 Å². The molecule has 0 heterocycles. The van der Waals surface area contributed by atoms with Crippen LogP contribution in [0.3, 0.4) is 0 Å². The Morgan fingerprint density at radius 3 is 0.885 bits per heavy atom. The number of hydrogen-bond acceptors (Lipinski definition) is 2. The predicted octanol–water partition coefficient (Wildman–Crippen LogP) is 13.2. The second kappa shape index (κ2) is 19.2. The van der Waals surface area contributed by atoms with Crippen molar-refractivity contribution in [3.8, 4) is 0 Å². The third-order valence-electron chi connectivity index (χ3n) is 10.4. The lowest BCUT2D eigenvalue weighted by atomic mass is 9.72. The van der Waals surface area contributed by atoms with Gasteiger partial charge >= 0.3 is 12.4 Å². The Hall–Kier alpha value is -5.98. The lowest BCUT2D eigenvalue weighted by Crippen LogP contribution is -2.54. The number of halogens is 6. The summed E-state index contributed by atoms with van der Waals surface area (Å²) >= 11 is 0. The molecular weight excluding hydrogens is 802 g/mol. The van der Waals surface area contributed by atoms with Gasteiger partial charge in [-0.3, -0.25) is 4.79 Å². The number of carbonyl (C=O) groups excluding carboxylic acids is 1. The van der Waals surface area contributed by atoms with E-state index in [0.717, 1.165) is 51.3 Å². The molecule has 0 bridgehead atoms. The van der Waals surface area contributed by atoms with Gasteiger partial charge in [-0.2, -0.15) is 26.3 Å². The first-order valence-corrected chi connectivity index (χ1v) is 21.2. The van der Waals surface area contributed by atoms with Crippen molar-refractivity contribution >= 4 is 28.8 Å². The number of rotatable bonds is 7. The third-order valence-corrected chi connectivity index (χ3v) is 13.4. The number of alkyl halides is 6. The zero-order valence-corrected chi connectivity index (χ0v) is 35.7. The summed E-state index contributed by atoms with van der Waals surface area (Å²) in [5.74, 6) is 0.0833. The van der Waals surface area contributed by atoms with E-state index in [9.17, 15) is 35.7 Å². The highest BCUT2D eigenvalue weighted by Crippen LogP contribution is 2.56. The number of hydrogen-bond donors (Lipinski definition) is 0. The Morgan fingerprint density at radius 2 is 0.607 bits per heavy atom. The Bertz CT molecular complexity index is 2380. The summed E-state index contributed by atoms with van der Waals surface area (Å²) in [6, 6.07) is 49.7. The van der Waals surface area contributed by atoms with Crippen LogP contribution in [0.15, 0.2) is 176 Å². The molecule has 9 heteroatoms. The van der Waals surface area contributed by atoms with Gasteiger partial charge in [0.05, 0.1) is 0 Å². The summed E-state index contributed by atoms with van der Waals surface area (Å²) in [6.45, 7) is 11.3. The van der Waals surface area contributed by atoms with Gasteiger partial charge in [-0.05, 0) is 52.7 Å². The van der Waals surface area contributed by atoms with Crippen LogP contribution < -0.4 is 15.9 Å². The van der Waals surface area contributed by atoms with E-state index >= 15 is 0 Å². The topological polar surface area (TPSA) is 34.1 Å². The van der Waals surface area contributed by atoms with Crippen LogP contribution in [0.4, 0.5) is 26.3 Å². The molecule has 0 atom stereocenters. The monoisotopic (exact) mass is 848 g/mol. The maximum Gasteiger partial charge on any atom is 0.411 e. The van der Waals surface area contributed by atoms with E-state index in [1.54, 1.807) is 13.8 Å². The fraction of sp³-hybridized carbons (Fsp3) is 0.173. The first kappa shape index (κ1) is 46.1. The van der Waals surface area contributed by atoms with Crippen molar-refractivity contribution in [2.75, 3.05) is 0 Å². The molecule has 0 unspecified atom stereocenters. The average Bonchev–Trinajstić information content (AvgIpc) is 3.23. The second-order valence-corrected chi connectivity index (χ2v) is 17.9. The van der Waals surface area contributed by atoms with Crippen molar-refractivity contribution in [3.05, 3.63) is 232 Å². The van der Waals surface area contributed by atoms with Gasteiger partial charge in [-0.1, -0.05) is 209 Å². The van der Waals surface area contributed by atoms with Crippen LogP contribution in [0.25, 0.3) is 0 Å². The van der Waals surface area contributed by atoms with Crippen molar-refractivity contribution in [1.82, 2.24) is 0 Å². The van der Waals surface area contributed by atoms with Crippen LogP contribution in [-0.4, -0.2) is 18.1 Å². The standard InChI is InChI=1S/C20H19OP.C17H14F6.C15H14O/c1-16-8-12-19(13-9-16)22(21,18-6-4-3-5-7-18)20-14-10-17(2)11-15-20;1-11-3-7-13(8-4-11)15(16(18,19)20,17(21,22)23)14-9-5-12(2)6-10-14;1-11-3-7-13(8-4-11)15(16)14-9-5-12(2)6-10-14/h3-15H,1-2H3;3-10H,1-2H3;3-10H,1-2H3. The first-order chi connectivity index (χ1) is 28.8. The van der Waals surface area contributed by atoms with Crippen LogP contribution in [0.5, 0.6) is 0 Å². The maximum atomic E-state index is 14.0. The number of ketones is 1. The summed E-state index contributed by atoms with van der Waals surface area (Å²) in [5.41, 5.74) is 1.59. The Morgan fingerprint density at radius 1 is 0.361 bits per heavy atom. The summed E-state index contributed by atoms with van der Waals surface area (Å²) in [6.07, 6.45) is -11.1. The number of carbonyl (C=O) groups is 1. The third kappa shape index (κ3) is 10.5. The first-order valence-electron chi connectivity index (χ1n) is 19.5. The van der Waals surface area contributed by atoms with Gasteiger partial charge in [-0.25, -0.2) is 0 Å². The van der Waals surface area contributed by atoms with Gasteiger partial charge in [0.15, 0.2) is 12.9 Å². The van der Waals surface area contributed by atoms with Gasteiger partial charge in [-0.15, -0.1) is 0 Å². The van der Waals surface area contributed by atoms with Crippen molar-refractivity contribution in [1.29, 1.82) is 0 Å². The maximum absolute atomic E-state index is 14.0. The summed E-state index contributed by atoms with van der Waals surface area (Å²) in [7, 11) is -2.82. The van der Waals surface area contributed by atoms with E-state index in [4.69, 9.17) is 0 Å². The van der Waals surface area contributed by atoms with Crippen molar-refractivity contribution in [2.45, 2.75) is 59.3 Å². The largest absolute Gasteiger partial charge is 0.411 e. The highest BCUT2D eigenvalue weighted by Gasteiger charge is 2.72. The molecule has 0 aromatic heterocycles. The van der Waals surface area contributed by atoms with Crippen molar-refractivity contribution in [3.63, 3.8) is 0 Å². The molecule has 0 saturated heterocycles. The molecule has 0 aliphatic rings. The minimum Gasteiger partial charge on any atom is -0.309 e. The molecule has 7 aromatic rings. The fourth-order valence-corrected chi connectivity index (χ4v) is 9.38. The lowest BCUT2D eigenvalue weighted by molar-refractivity contribution is -0.288. The fourth-order valence-electron chi connectivity index (χ4n) is 6.76. The van der Waals surface area contributed by atoms with Gasteiger partial charge in [0.25, 0.3) is 0 Å². The second-order valence-electron chi connectivity index (χ2n) is 15.2. The van der Waals surface area contributed by atoms with Crippen molar-refractivity contribution < 1.29 is 35.7 Å². The van der Waals surface area contributed by atoms with Gasteiger partial charge < -0.3 is 4.57 Å². The smallest absolute Gasteiger partial charge is 0.309 e. The van der Waals surface area contributed by atoms with Crippen LogP contribution in [0.2, 0.25) is 0 Å². The molecule has 0 amide bonds. The molecule has 0 radical (unpaired) electrons. The molecule has 7 aromatic carbocycles. The molecule has 2 nitrogen and oxygen atoms in total. The molecule has 0 saturated carbocycles. The highest BCUT2D eigenvalue weighted by molar-refractivity contribution is 7.85. The van der Waals surface area contributed by atoms with E-state index in [1.165, 1.54) is 46.5 Å². The van der Waals surface area contributed by atoms with E-state index in [1.807, 2.05) is 155 Å². The van der Waals surface area contributed by atoms with E-state index < -0.39 is 36.0 Å². The molecule has 0 spiro atoms. The lowest BCUT2D eigenvalue weighted by Gasteiger charge is -2.38. The Labute approximate surface area is 354 Å². The van der Waals surface area contributed by atoms with Crippen molar-refractivity contribution in [2.24, 2.45) is 0 Å². The zero-order chi connectivity index (χ0) is 44.6. The summed E-state index contributed by atoms with van der Waals surface area (Å²) < 4.78 is 96.4. The van der Waals surface area contributed by atoms with E-state index in [-0.39, 0.29) is 5.78 Å². The molecular formula is C52H47F6O2P. The zero-order valence-electron chi connectivity index (χ0n) is 34.8. The van der Waals surface area contributed by atoms with Crippen LogP contribution in [0.1, 0.15) is 60.4 Å². The molecule has 0 aliphatic heterocycles. The van der Waals surface area contributed by atoms with E-state index in [2.05, 4.69) is 0 Å². The van der Waals surface area contributed by atoms with Crippen LogP contribution >= 0.6 is 7.14 Å². The molecule has 61 heavy (non-hydrogen) atoms. The normalized spacial score (nSPS) is 11.7. The van der Waals surface area contributed by atoms with Crippen LogP contribution in [0, 0.1) is 41.5 Å². The summed E-state index contributed by atoms with van der Waals surface area (Å²) in [5, 5.41) is 2.64. The average molecular weight is 849 g/mol. The molecule has 7 rings (SSSR count). The Balaban J connectivity index is 0.000000176. The van der Waals surface area contributed by atoms with Crippen LogP contribution in [-0.2, 0) is 9.98 Å². The van der Waals surface area contributed by atoms with E-state index in [0.29, 0.717) is 11.1 Å². The molecule has 0 aliphatic carbocycles. The Kier molecular flexibility index (Phi) is 14.5. The molecule has 314 valence electrons. The number of benzene rings is 7. The number of aryl methyl sites for hydroxylation is 6. The minimum atomic E-state index is -5.53.